The molecule has 0 aliphatic heterocycles. The molecule has 0 fully saturated rings. The molecule has 0 saturated heterocycles. The van der Waals surface area contributed by atoms with Gasteiger partial charge in [0.25, 0.3) is 6.10 Å². The number of carbonyl (C=O) groups excluding carboxylic acids is 1. The van der Waals surface area contributed by atoms with Crippen LogP contribution in [0, 0.1) is 22.7 Å². The summed E-state index contributed by atoms with van der Waals surface area (Å²) >= 11 is 0. The largest absolute Gasteiger partial charge is 0.442 e. The summed E-state index contributed by atoms with van der Waals surface area (Å²) in [6.45, 7) is 11.7. The first kappa shape index (κ1) is 23.1. The lowest BCUT2D eigenvalue weighted by molar-refractivity contribution is -0.316. The van der Waals surface area contributed by atoms with Gasteiger partial charge >= 0.3 is 18.3 Å². The molecule has 0 aromatic heterocycles. The van der Waals surface area contributed by atoms with Gasteiger partial charge in [0.2, 0.25) is 0 Å². The van der Waals surface area contributed by atoms with Gasteiger partial charge in [0.05, 0.1) is 5.41 Å². The standard InChI is InChI=1S/C16H26F6O2/c1-9(2)10(3)8-14(7,13(4,5)6)12(23)24-11(15(17,18)19)16(20,21)22/h9-11H,8H2,1-7H3. The second-order valence-electron chi connectivity index (χ2n) is 7.88. The van der Waals surface area contributed by atoms with Crippen molar-refractivity contribution in [2.24, 2.45) is 22.7 Å². The van der Waals surface area contributed by atoms with Gasteiger partial charge in [-0.3, -0.25) is 4.79 Å². The minimum atomic E-state index is -5.71. The fraction of sp³-hybridized carbons (Fsp3) is 0.938. The van der Waals surface area contributed by atoms with Crippen LogP contribution >= 0.6 is 0 Å². The van der Waals surface area contributed by atoms with E-state index in [1.165, 1.54) is 6.92 Å². The van der Waals surface area contributed by atoms with E-state index in [1.807, 2.05) is 13.8 Å². The maximum absolute atomic E-state index is 12.7. The lowest BCUT2D eigenvalue weighted by Gasteiger charge is -2.42. The number of hydrogen-bond acceptors (Lipinski definition) is 2. The summed E-state index contributed by atoms with van der Waals surface area (Å²) in [6.07, 6.45) is -15.4. The molecule has 2 atom stereocenters. The summed E-state index contributed by atoms with van der Waals surface area (Å²) in [4.78, 5) is 12.4. The van der Waals surface area contributed by atoms with Crippen LogP contribution < -0.4 is 0 Å². The molecule has 0 amide bonds. The van der Waals surface area contributed by atoms with Gasteiger partial charge in [-0.05, 0) is 30.6 Å². The Hall–Kier alpha value is -0.950. The van der Waals surface area contributed by atoms with Gasteiger partial charge < -0.3 is 4.74 Å². The number of carbonyl (C=O) groups is 1. The molecular weight excluding hydrogens is 338 g/mol. The number of hydrogen-bond donors (Lipinski definition) is 0. The monoisotopic (exact) mass is 364 g/mol. The van der Waals surface area contributed by atoms with Crippen LogP contribution in [0.1, 0.15) is 54.9 Å². The van der Waals surface area contributed by atoms with E-state index in [4.69, 9.17) is 0 Å². The van der Waals surface area contributed by atoms with Crippen molar-refractivity contribution in [2.45, 2.75) is 73.3 Å². The topological polar surface area (TPSA) is 26.3 Å². The van der Waals surface area contributed by atoms with Gasteiger partial charge in [-0.15, -0.1) is 0 Å². The molecule has 0 N–H and O–H groups in total. The van der Waals surface area contributed by atoms with Crippen molar-refractivity contribution >= 4 is 5.97 Å². The molecule has 0 aliphatic rings. The first-order valence-corrected chi connectivity index (χ1v) is 7.68. The van der Waals surface area contributed by atoms with Crippen molar-refractivity contribution in [1.82, 2.24) is 0 Å². The molecule has 0 spiro atoms. The van der Waals surface area contributed by atoms with Crippen molar-refractivity contribution in [3.8, 4) is 0 Å². The molecule has 0 rings (SSSR count). The highest BCUT2D eigenvalue weighted by Gasteiger charge is 2.61. The second-order valence-corrected chi connectivity index (χ2v) is 7.88. The van der Waals surface area contributed by atoms with Gasteiger partial charge in [-0.2, -0.15) is 26.3 Å². The zero-order valence-electron chi connectivity index (χ0n) is 15.0. The highest BCUT2D eigenvalue weighted by Crippen LogP contribution is 2.47. The van der Waals surface area contributed by atoms with Gasteiger partial charge in [0.1, 0.15) is 0 Å². The molecule has 0 aliphatic carbocycles. The van der Waals surface area contributed by atoms with E-state index in [0.29, 0.717) is 0 Å². The minimum Gasteiger partial charge on any atom is -0.442 e. The Balaban J connectivity index is 5.71. The summed E-state index contributed by atoms with van der Waals surface area (Å²) in [5.41, 5.74) is -2.37. The second kappa shape index (κ2) is 7.12. The van der Waals surface area contributed by atoms with Crippen LogP contribution in [-0.4, -0.2) is 24.4 Å². The fourth-order valence-electron chi connectivity index (χ4n) is 2.13. The van der Waals surface area contributed by atoms with Crippen LogP contribution in [0.3, 0.4) is 0 Å². The quantitative estimate of drug-likeness (QED) is 0.458. The Morgan fingerprint density at radius 2 is 1.25 bits per heavy atom. The fourth-order valence-corrected chi connectivity index (χ4v) is 2.13. The highest BCUT2D eigenvalue weighted by atomic mass is 19.4. The van der Waals surface area contributed by atoms with Crippen LogP contribution in [0.4, 0.5) is 26.3 Å². The van der Waals surface area contributed by atoms with E-state index in [-0.39, 0.29) is 18.3 Å². The molecular formula is C16H26F6O2. The van der Waals surface area contributed by atoms with Crippen molar-refractivity contribution < 1.29 is 35.9 Å². The summed E-state index contributed by atoms with van der Waals surface area (Å²) in [5.74, 6) is -1.46. The number of esters is 1. The van der Waals surface area contributed by atoms with E-state index >= 15 is 0 Å². The van der Waals surface area contributed by atoms with Crippen LogP contribution in [0.25, 0.3) is 0 Å². The third-order valence-corrected chi connectivity index (χ3v) is 4.79. The molecule has 0 saturated carbocycles. The van der Waals surface area contributed by atoms with Crippen LogP contribution in [0.2, 0.25) is 0 Å². The smallest absolute Gasteiger partial charge is 0.434 e. The zero-order valence-corrected chi connectivity index (χ0v) is 15.0. The molecule has 2 nitrogen and oxygen atoms in total. The Bertz CT molecular complexity index is 419. The van der Waals surface area contributed by atoms with E-state index < -0.39 is 35.3 Å². The molecule has 24 heavy (non-hydrogen) atoms. The van der Waals surface area contributed by atoms with Crippen LogP contribution in [0.15, 0.2) is 0 Å². The average molecular weight is 364 g/mol. The molecule has 0 aromatic rings. The van der Waals surface area contributed by atoms with Crippen molar-refractivity contribution in [3.05, 3.63) is 0 Å². The van der Waals surface area contributed by atoms with Crippen molar-refractivity contribution in [3.63, 3.8) is 0 Å². The summed E-state index contributed by atoms with van der Waals surface area (Å²) < 4.78 is 79.9. The highest BCUT2D eigenvalue weighted by molar-refractivity contribution is 5.77. The number of halogens is 6. The summed E-state index contributed by atoms with van der Waals surface area (Å²) in [5, 5.41) is 0. The molecule has 8 heteroatoms. The predicted molar refractivity (Wildman–Crippen MR) is 78.2 cm³/mol. The molecule has 2 unspecified atom stereocenters. The van der Waals surface area contributed by atoms with E-state index in [9.17, 15) is 31.1 Å². The van der Waals surface area contributed by atoms with Crippen LogP contribution in [0.5, 0.6) is 0 Å². The predicted octanol–water partition coefficient (Wildman–Crippen LogP) is 5.76. The molecule has 144 valence electrons. The summed E-state index contributed by atoms with van der Waals surface area (Å²) in [6, 6.07) is 0. The van der Waals surface area contributed by atoms with Gasteiger partial charge in [0, 0.05) is 0 Å². The number of rotatable bonds is 5. The van der Waals surface area contributed by atoms with Gasteiger partial charge in [-0.1, -0.05) is 41.5 Å². The Morgan fingerprint density at radius 1 is 0.875 bits per heavy atom. The van der Waals surface area contributed by atoms with E-state index in [0.717, 1.165) is 0 Å². The average Bonchev–Trinajstić information content (AvgIpc) is 2.30. The number of alkyl halides is 6. The molecule has 0 radical (unpaired) electrons. The first-order chi connectivity index (χ1) is 10.3. The van der Waals surface area contributed by atoms with Gasteiger partial charge in [-0.25, -0.2) is 0 Å². The van der Waals surface area contributed by atoms with Gasteiger partial charge in [0.15, 0.2) is 0 Å². The van der Waals surface area contributed by atoms with Crippen molar-refractivity contribution in [2.75, 3.05) is 0 Å². The maximum atomic E-state index is 12.7. The lowest BCUT2D eigenvalue weighted by atomic mass is 9.63. The zero-order chi connectivity index (χ0) is 19.7. The summed E-state index contributed by atoms with van der Waals surface area (Å²) in [7, 11) is 0. The molecule has 0 bridgehead atoms. The third-order valence-electron chi connectivity index (χ3n) is 4.79. The lowest BCUT2D eigenvalue weighted by Crippen LogP contribution is -2.51. The molecule has 0 aromatic carbocycles. The molecule has 0 heterocycles. The maximum Gasteiger partial charge on any atom is 0.434 e. The van der Waals surface area contributed by atoms with E-state index in [2.05, 4.69) is 4.74 Å². The normalized spacial score (nSPS) is 17.8. The first-order valence-electron chi connectivity index (χ1n) is 7.68. The third kappa shape index (κ3) is 5.55. The SMILES string of the molecule is CC(C)C(C)CC(C)(C(=O)OC(C(F)(F)F)C(F)(F)F)C(C)(C)C. The number of ether oxygens (including phenoxy) is 1. The Morgan fingerprint density at radius 3 is 1.50 bits per heavy atom. The Labute approximate surface area is 138 Å². The van der Waals surface area contributed by atoms with E-state index in [1.54, 1.807) is 27.7 Å². The van der Waals surface area contributed by atoms with Crippen LogP contribution in [-0.2, 0) is 9.53 Å². The Kier molecular flexibility index (Phi) is 6.84. The van der Waals surface area contributed by atoms with Crippen molar-refractivity contribution in [1.29, 1.82) is 0 Å². The minimum absolute atomic E-state index is 0.0861.